The molecule has 3 saturated heterocycles. The highest BCUT2D eigenvalue weighted by atomic mass is 16.5. The second-order valence-corrected chi connectivity index (χ2v) is 11.4. The van der Waals surface area contributed by atoms with E-state index in [-0.39, 0.29) is 23.9 Å². The molecule has 6 heteroatoms. The lowest BCUT2D eigenvalue weighted by molar-refractivity contribution is -0.134. The number of rotatable bonds is 12. The van der Waals surface area contributed by atoms with Gasteiger partial charge in [-0.25, -0.2) is 0 Å². The van der Waals surface area contributed by atoms with Crippen molar-refractivity contribution in [1.82, 2.24) is 15.1 Å². The van der Waals surface area contributed by atoms with Crippen molar-refractivity contribution in [1.29, 1.82) is 0 Å². The van der Waals surface area contributed by atoms with Gasteiger partial charge in [0, 0.05) is 56.2 Å². The van der Waals surface area contributed by atoms with Crippen LogP contribution < -0.4 is 14.8 Å². The number of hydrogen-bond donors (Lipinski definition) is 1. The summed E-state index contributed by atoms with van der Waals surface area (Å²) in [5.74, 6) is 2.89. The van der Waals surface area contributed by atoms with Gasteiger partial charge in [0.25, 0.3) is 0 Å². The van der Waals surface area contributed by atoms with Gasteiger partial charge in [0.05, 0.1) is 14.2 Å². The summed E-state index contributed by atoms with van der Waals surface area (Å²) in [4.78, 5) is 18.0. The molecule has 3 aromatic rings. The second-order valence-electron chi connectivity index (χ2n) is 11.4. The van der Waals surface area contributed by atoms with Crippen molar-refractivity contribution in [3.63, 3.8) is 0 Å². The smallest absolute Gasteiger partial charge is 0.222 e. The number of amides is 1. The van der Waals surface area contributed by atoms with Crippen LogP contribution in [0.25, 0.3) is 0 Å². The molecule has 218 valence electrons. The van der Waals surface area contributed by atoms with Gasteiger partial charge < -0.3 is 19.7 Å². The molecule has 6 nitrogen and oxygen atoms in total. The molecule has 0 aromatic heterocycles. The second kappa shape index (κ2) is 13.5. The van der Waals surface area contributed by atoms with E-state index >= 15 is 0 Å². The third-order valence-electron chi connectivity index (χ3n) is 9.30. The van der Waals surface area contributed by atoms with Gasteiger partial charge in [0.2, 0.25) is 5.91 Å². The standard InChI is InChI=1S/C35H45N3O3/c1-5-37(6-2)32(39)22-28-24-38-20-19-30(28)34(36-23-27-21-29(40-3)17-18-31(27)41-4)35(38)33(25-13-9-7-10-14-25)26-15-11-8-12-16-26/h7-18,21,28,30,33-36H,5-6,19-20,22-24H2,1-4H3/t28-,30-,34-,35+/m0/s1. The number of hydrogen-bond acceptors (Lipinski definition) is 5. The molecule has 0 saturated carbocycles. The average molecular weight is 556 g/mol. The van der Waals surface area contributed by atoms with E-state index in [1.165, 1.54) is 11.1 Å². The molecule has 2 bridgehead atoms. The van der Waals surface area contributed by atoms with E-state index < -0.39 is 0 Å². The van der Waals surface area contributed by atoms with Crippen molar-refractivity contribution in [2.24, 2.45) is 11.8 Å². The number of piperidine rings is 3. The highest BCUT2D eigenvalue weighted by Gasteiger charge is 2.50. The lowest BCUT2D eigenvalue weighted by atomic mass is 9.65. The molecule has 3 aliphatic heterocycles. The molecule has 41 heavy (non-hydrogen) atoms. The minimum absolute atomic E-state index is 0.202. The van der Waals surface area contributed by atoms with Gasteiger partial charge in [0.1, 0.15) is 11.5 Å². The van der Waals surface area contributed by atoms with E-state index in [9.17, 15) is 4.79 Å². The number of benzene rings is 3. The summed E-state index contributed by atoms with van der Waals surface area (Å²) >= 11 is 0. The molecule has 6 rings (SSSR count). The van der Waals surface area contributed by atoms with Crippen LogP contribution in [0.1, 0.15) is 49.3 Å². The highest BCUT2D eigenvalue weighted by Crippen LogP contribution is 2.45. The molecule has 0 spiro atoms. The zero-order valence-corrected chi connectivity index (χ0v) is 25.0. The van der Waals surface area contributed by atoms with Gasteiger partial charge in [-0.05, 0) is 68.0 Å². The summed E-state index contributed by atoms with van der Waals surface area (Å²) < 4.78 is 11.3. The number of carbonyl (C=O) groups excluding carboxylic acids is 1. The molecule has 1 unspecified atom stereocenters. The molecule has 3 aromatic carbocycles. The number of ether oxygens (including phenoxy) is 2. The fourth-order valence-electron chi connectivity index (χ4n) is 7.29. The topological polar surface area (TPSA) is 54.0 Å². The van der Waals surface area contributed by atoms with Crippen LogP contribution in [0.15, 0.2) is 78.9 Å². The number of fused-ring (bicyclic) bond motifs is 3. The number of nitrogens with zero attached hydrogens (tertiary/aromatic N) is 2. The Balaban J connectivity index is 1.52. The van der Waals surface area contributed by atoms with Crippen LogP contribution in [0.2, 0.25) is 0 Å². The Labute approximate surface area is 245 Å². The molecule has 0 radical (unpaired) electrons. The Kier molecular flexibility index (Phi) is 9.63. The average Bonchev–Trinajstić information content (AvgIpc) is 3.02. The van der Waals surface area contributed by atoms with Crippen LogP contribution in [0.4, 0.5) is 0 Å². The largest absolute Gasteiger partial charge is 0.497 e. The van der Waals surface area contributed by atoms with Crippen molar-refractivity contribution in [2.75, 3.05) is 40.4 Å². The Morgan fingerprint density at radius 2 is 1.61 bits per heavy atom. The summed E-state index contributed by atoms with van der Waals surface area (Å²) in [6, 6.07) is 28.3. The predicted molar refractivity (Wildman–Crippen MR) is 164 cm³/mol. The van der Waals surface area contributed by atoms with E-state index in [1.54, 1.807) is 14.2 Å². The maximum atomic E-state index is 13.3. The quantitative estimate of drug-likeness (QED) is 0.317. The Hall–Kier alpha value is -3.35. The van der Waals surface area contributed by atoms with E-state index in [1.807, 2.05) is 17.0 Å². The van der Waals surface area contributed by atoms with Gasteiger partial charge in [-0.2, -0.15) is 0 Å². The number of methoxy groups -OCH3 is 2. The van der Waals surface area contributed by atoms with Crippen molar-refractivity contribution < 1.29 is 14.3 Å². The first-order valence-corrected chi connectivity index (χ1v) is 15.1. The first-order valence-electron chi connectivity index (χ1n) is 15.1. The zero-order valence-electron chi connectivity index (χ0n) is 25.0. The summed E-state index contributed by atoms with van der Waals surface area (Å²) in [5, 5.41) is 4.02. The molecule has 3 heterocycles. The van der Waals surface area contributed by atoms with E-state index in [2.05, 4.69) is 90.8 Å². The lowest BCUT2D eigenvalue weighted by Crippen LogP contribution is -2.67. The van der Waals surface area contributed by atoms with Crippen molar-refractivity contribution >= 4 is 5.91 Å². The molecular weight excluding hydrogens is 510 g/mol. The fraction of sp³-hybridized carbons (Fsp3) is 0.457. The SMILES string of the molecule is CCN(CC)C(=O)C[C@H]1CN2CC[C@@H]1[C@H](NCc1cc(OC)ccc1OC)[C@H]2C(c1ccccc1)c1ccccc1. The highest BCUT2D eigenvalue weighted by molar-refractivity contribution is 5.76. The van der Waals surface area contributed by atoms with Gasteiger partial charge in [-0.15, -0.1) is 0 Å². The Morgan fingerprint density at radius 1 is 0.951 bits per heavy atom. The minimum atomic E-state index is 0.202. The first-order chi connectivity index (χ1) is 20.1. The maximum absolute atomic E-state index is 13.3. The fourth-order valence-corrected chi connectivity index (χ4v) is 7.29. The zero-order chi connectivity index (χ0) is 28.8. The molecular formula is C35H45N3O3. The molecule has 5 atom stereocenters. The van der Waals surface area contributed by atoms with Crippen LogP contribution in [-0.2, 0) is 11.3 Å². The van der Waals surface area contributed by atoms with E-state index in [4.69, 9.17) is 9.47 Å². The molecule has 1 N–H and O–H groups in total. The van der Waals surface area contributed by atoms with Gasteiger partial charge in [-0.1, -0.05) is 60.7 Å². The minimum Gasteiger partial charge on any atom is -0.497 e. The molecule has 1 amide bonds. The van der Waals surface area contributed by atoms with Gasteiger partial charge >= 0.3 is 0 Å². The monoisotopic (exact) mass is 555 g/mol. The molecule has 3 fully saturated rings. The summed E-state index contributed by atoms with van der Waals surface area (Å²) in [7, 11) is 3.42. The number of carbonyl (C=O) groups is 1. The van der Waals surface area contributed by atoms with Crippen LogP contribution in [0.5, 0.6) is 11.5 Å². The first kappa shape index (κ1) is 29.2. The van der Waals surface area contributed by atoms with Crippen molar-refractivity contribution in [3.05, 3.63) is 95.6 Å². The predicted octanol–water partition coefficient (Wildman–Crippen LogP) is 5.57. The van der Waals surface area contributed by atoms with Gasteiger partial charge in [0.15, 0.2) is 0 Å². The summed E-state index contributed by atoms with van der Waals surface area (Å²) in [5.41, 5.74) is 3.74. The van der Waals surface area contributed by atoms with E-state index in [0.29, 0.717) is 24.8 Å². The summed E-state index contributed by atoms with van der Waals surface area (Å²) in [6.45, 7) is 8.36. The Morgan fingerprint density at radius 3 is 2.20 bits per heavy atom. The maximum Gasteiger partial charge on any atom is 0.222 e. The summed E-state index contributed by atoms with van der Waals surface area (Å²) in [6.07, 6.45) is 1.70. The van der Waals surface area contributed by atoms with Crippen molar-refractivity contribution in [2.45, 2.75) is 51.2 Å². The van der Waals surface area contributed by atoms with Crippen LogP contribution in [-0.4, -0.2) is 68.2 Å². The number of nitrogens with one attached hydrogen (secondary N) is 1. The van der Waals surface area contributed by atoms with Gasteiger partial charge in [-0.3, -0.25) is 9.69 Å². The third kappa shape index (κ3) is 6.29. The van der Waals surface area contributed by atoms with Crippen molar-refractivity contribution in [3.8, 4) is 11.5 Å². The third-order valence-corrected chi connectivity index (χ3v) is 9.30. The van der Waals surface area contributed by atoms with Crippen LogP contribution >= 0.6 is 0 Å². The van der Waals surface area contributed by atoms with Crippen LogP contribution in [0.3, 0.4) is 0 Å². The lowest BCUT2D eigenvalue weighted by Gasteiger charge is -2.57. The Bertz CT molecular complexity index is 1220. The van der Waals surface area contributed by atoms with Crippen LogP contribution in [0, 0.1) is 11.8 Å². The van der Waals surface area contributed by atoms with E-state index in [0.717, 1.165) is 49.7 Å². The molecule has 3 aliphatic rings. The molecule has 0 aliphatic carbocycles. The normalized spacial score (nSPS) is 23.4.